The van der Waals surface area contributed by atoms with E-state index in [1.54, 1.807) is 19.2 Å². The van der Waals surface area contributed by atoms with E-state index in [2.05, 4.69) is 15.1 Å². The second kappa shape index (κ2) is 8.73. The molecule has 0 spiro atoms. The predicted octanol–water partition coefficient (Wildman–Crippen LogP) is 4.37. The third-order valence-electron chi connectivity index (χ3n) is 6.21. The van der Waals surface area contributed by atoms with Gasteiger partial charge in [0, 0.05) is 36.9 Å². The van der Waals surface area contributed by atoms with Gasteiger partial charge in [-0.2, -0.15) is 13.2 Å². The predicted molar refractivity (Wildman–Crippen MR) is 119 cm³/mol. The van der Waals surface area contributed by atoms with E-state index in [0.717, 1.165) is 17.4 Å². The molecule has 1 saturated heterocycles. The molecule has 5 nitrogen and oxygen atoms in total. The Morgan fingerprint density at radius 3 is 2.66 bits per heavy atom. The number of alkyl halides is 3. The molecule has 1 N–H and O–H groups in total. The van der Waals surface area contributed by atoms with Gasteiger partial charge in [0.25, 0.3) is 0 Å². The van der Waals surface area contributed by atoms with Gasteiger partial charge in [0.15, 0.2) is 0 Å². The Kier molecular flexibility index (Phi) is 6.16. The van der Waals surface area contributed by atoms with E-state index >= 15 is 0 Å². The number of hydrogen-bond acceptors (Lipinski definition) is 4. The van der Waals surface area contributed by atoms with Gasteiger partial charge in [0.2, 0.25) is 5.91 Å². The van der Waals surface area contributed by atoms with Gasteiger partial charge >= 0.3 is 6.18 Å². The van der Waals surface area contributed by atoms with Crippen molar-refractivity contribution < 1.29 is 22.7 Å². The molecule has 2 atom stereocenters. The van der Waals surface area contributed by atoms with Crippen LogP contribution >= 0.6 is 11.6 Å². The minimum absolute atomic E-state index is 0.148. The zero-order valence-electron chi connectivity index (χ0n) is 17.9. The molecule has 1 amide bonds. The topological polar surface area (TPSA) is 44.8 Å². The molecule has 9 heteroatoms. The first-order valence-corrected chi connectivity index (χ1v) is 10.9. The number of amides is 1. The largest absolute Gasteiger partial charge is 0.495 e. The van der Waals surface area contributed by atoms with Crippen molar-refractivity contribution in [1.29, 1.82) is 0 Å². The Bertz CT molecular complexity index is 1010. The molecule has 172 valence electrons. The van der Waals surface area contributed by atoms with Gasteiger partial charge in [-0.05, 0) is 55.3 Å². The van der Waals surface area contributed by atoms with Crippen LogP contribution in [0.1, 0.15) is 18.1 Å². The number of ether oxygens (including phenoxy) is 1. The van der Waals surface area contributed by atoms with Gasteiger partial charge < -0.3 is 19.9 Å². The Morgan fingerprint density at radius 2 is 1.97 bits per heavy atom. The fraction of sp³-hybridized carbons (Fsp3) is 0.435. The number of nitrogens with zero attached hydrogens (tertiary/aromatic N) is 2. The lowest BCUT2D eigenvalue weighted by Gasteiger charge is -2.49. The van der Waals surface area contributed by atoms with Crippen molar-refractivity contribution in [3.05, 3.63) is 52.5 Å². The van der Waals surface area contributed by atoms with Crippen molar-refractivity contribution in [2.75, 3.05) is 43.1 Å². The third-order valence-corrected chi connectivity index (χ3v) is 6.44. The number of nitrogens with one attached hydrogen (secondary N) is 1. The van der Waals surface area contributed by atoms with E-state index in [0.29, 0.717) is 42.5 Å². The standard InChI is InChI=1S/C23H25ClF3N3O2/c1-3-28-22(31)17-11-14-10-15(23(25,26)27)4-6-18(14)30-9-8-29(13-20(17)30)19-12-16(24)5-7-21(19)32-2/h4-7,10,12,17,20H,3,8-9,11,13H2,1-2H3,(H,28,31). The summed E-state index contributed by atoms with van der Waals surface area (Å²) in [5.74, 6) is 0.0628. The Balaban J connectivity index is 1.71. The second-order valence-corrected chi connectivity index (χ2v) is 8.51. The molecule has 0 aliphatic carbocycles. The van der Waals surface area contributed by atoms with Gasteiger partial charge in [-0.15, -0.1) is 0 Å². The second-order valence-electron chi connectivity index (χ2n) is 8.07. The van der Waals surface area contributed by atoms with Crippen LogP contribution in [0, 0.1) is 5.92 Å². The van der Waals surface area contributed by atoms with E-state index in [-0.39, 0.29) is 18.4 Å². The van der Waals surface area contributed by atoms with Gasteiger partial charge in [-0.25, -0.2) is 0 Å². The molecule has 2 aliphatic heterocycles. The molecule has 0 aromatic heterocycles. The Labute approximate surface area is 190 Å². The molecule has 2 aromatic rings. The van der Waals surface area contributed by atoms with Crippen LogP contribution in [0.15, 0.2) is 36.4 Å². The highest BCUT2D eigenvalue weighted by molar-refractivity contribution is 6.31. The van der Waals surface area contributed by atoms with Crippen LogP contribution in [0.25, 0.3) is 0 Å². The summed E-state index contributed by atoms with van der Waals surface area (Å²) in [7, 11) is 1.59. The van der Waals surface area contributed by atoms with E-state index in [9.17, 15) is 18.0 Å². The van der Waals surface area contributed by atoms with E-state index < -0.39 is 17.7 Å². The fourth-order valence-electron chi connectivity index (χ4n) is 4.73. The van der Waals surface area contributed by atoms with Crippen LogP contribution in [-0.4, -0.2) is 45.2 Å². The first-order chi connectivity index (χ1) is 15.2. The van der Waals surface area contributed by atoms with Gasteiger partial charge in [-0.1, -0.05) is 11.6 Å². The molecule has 2 heterocycles. The lowest BCUT2D eigenvalue weighted by Crippen LogP contribution is -2.61. The summed E-state index contributed by atoms with van der Waals surface area (Å²) in [5.41, 5.74) is 1.47. The molecule has 0 bridgehead atoms. The zero-order chi connectivity index (χ0) is 23.0. The SMILES string of the molecule is CCNC(=O)C1Cc2cc(C(F)(F)F)ccc2N2CCN(c3cc(Cl)ccc3OC)CC12. The molecule has 2 aromatic carbocycles. The maximum atomic E-state index is 13.3. The quantitative estimate of drug-likeness (QED) is 0.725. The molecule has 32 heavy (non-hydrogen) atoms. The number of piperazine rings is 1. The summed E-state index contributed by atoms with van der Waals surface area (Å²) in [4.78, 5) is 17.1. The van der Waals surface area contributed by atoms with Crippen molar-refractivity contribution in [3.63, 3.8) is 0 Å². The lowest BCUT2D eigenvalue weighted by atomic mass is 9.82. The highest BCUT2D eigenvalue weighted by Crippen LogP contribution is 2.41. The highest BCUT2D eigenvalue weighted by Gasteiger charge is 2.43. The van der Waals surface area contributed by atoms with Crippen LogP contribution in [0.3, 0.4) is 0 Å². The van der Waals surface area contributed by atoms with Crippen LogP contribution in [0.2, 0.25) is 5.02 Å². The van der Waals surface area contributed by atoms with Crippen molar-refractivity contribution in [2.24, 2.45) is 5.92 Å². The molecule has 4 rings (SSSR count). The van der Waals surface area contributed by atoms with Gasteiger partial charge in [0.1, 0.15) is 5.75 Å². The first kappa shape index (κ1) is 22.6. The average Bonchev–Trinajstić information content (AvgIpc) is 2.77. The summed E-state index contributed by atoms with van der Waals surface area (Å²) in [6.07, 6.45) is -4.17. The van der Waals surface area contributed by atoms with Gasteiger partial charge in [0.05, 0.1) is 30.3 Å². The van der Waals surface area contributed by atoms with E-state index in [1.165, 1.54) is 12.1 Å². The van der Waals surface area contributed by atoms with Crippen molar-refractivity contribution in [1.82, 2.24) is 5.32 Å². The van der Waals surface area contributed by atoms with Crippen LogP contribution < -0.4 is 19.9 Å². The van der Waals surface area contributed by atoms with E-state index in [1.807, 2.05) is 13.0 Å². The number of carbonyl (C=O) groups excluding carboxylic acids is 1. The van der Waals surface area contributed by atoms with Crippen LogP contribution in [0.5, 0.6) is 5.75 Å². The molecular weight excluding hydrogens is 443 g/mol. The monoisotopic (exact) mass is 467 g/mol. The fourth-order valence-corrected chi connectivity index (χ4v) is 4.90. The number of benzene rings is 2. The zero-order valence-corrected chi connectivity index (χ0v) is 18.6. The molecule has 2 aliphatic rings. The summed E-state index contributed by atoms with van der Waals surface area (Å²) in [6, 6.07) is 9.05. The summed E-state index contributed by atoms with van der Waals surface area (Å²) < 4.78 is 45.4. The molecule has 0 radical (unpaired) electrons. The third kappa shape index (κ3) is 4.20. The van der Waals surface area contributed by atoms with Crippen molar-refractivity contribution >= 4 is 28.9 Å². The van der Waals surface area contributed by atoms with Crippen LogP contribution in [-0.2, 0) is 17.4 Å². The minimum Gasteiger partial charge on any atom is -0.495 e. The summed E-state index contributed by atoms with van der Waals surface area (Å²) in [5, 5.41) is 3.44. The number of fused-ring (bicyclic) bond motifs is 3. The minimum atomic E-state index is -4.42. The number of hydrogen-bond donors (Lipinski definition) is 1. The highest BCUT2D eigenvalue weighted by atomic mass is 35.5. The normalized spacial score (nSPS) is 20.4. The van der Waals surface area contributed by atoms with Crippen LogP contribution in [0.4, 0.5) is 24.5 Å². The molecule has 1 fully saturated rings. The number of rotatable bonds is 4. The average molecular weight is 468 g/mol. The molecule has 2 unspecified atom stereocenters. The molecule has 0 saturated carbocycles. The van der Waals surface area contributed by atoms with E-state index in [4.69, 9.17) is 16.3 Å². The maximum Gasteiger partial charge on any atom is 0.416 e. The van der Waals surface area contributed by atoms with Crippen molar-refractivity contribution in [2.45, 2.75) is 25.6 Å². The number of methoxy groups -OCH3 is 1. The maximum absolute atomic E-state index is 13.3. The Morgan fingerprint density at radius 1 is 1.19 bits per heavy atom. The summed E-state index contributed by atoms with van der Waals surface area (Å²) in [6.45, 7) is 4.00. The lowest BCUT2D eigenvalue weighted by molar-refractivity contribution is -0.137. The first-order valence-electron chi connectivity index (χ1n) is 10.6. The number of halogens is 4. The smallest absolute Gasteiger partial charge is 0.416 e. The van der Waals surface area contributed by atoms with Crippen molar-refractivity contribution in [3.8, 4) is 5.75 Å². The number of anilines is 2. The Hall–Kier alpha value is -2.61. The van der Waals surface area contributed by atoms with Gasteiger partial charge in [-0.3, -0.25) is 4.79 Å². The number of carbonyl (C=O) groups is 1. The summed E-state index contributed by atoms with van der Waals surface area (Å²) >= 11 is 6.22. The molecular formula is C23H25ClF3N3O2.